The molecule has 168 valence electrons. The number of carbonyl (C=O) groups is 2. The molecular formula is C26H35NO4. The molecule has 0 radical (unpaired) electrons. The summed E-state index contributed by atoms with van der Waals surface area (Å²) >= 11 is 0. The van der Waals surface area contributed by atoms with E-state index < -0.39 is 5.41 Å². The predicted octanol–water partition coefficient (Wildman–Crippen LogP) is 4.78. The minimum Gasteiger partial charge on any atom is -0.497 e. The minimum absolute atomic E-state index is 0.101. The highest BCUT2D eigenvalue weighted by molar-refractivity contribution is 5.87. The lowest BCUT2D eigenvalue weighted by Gasteiger charge is -2.33. The Kier molecular flexibility index (Phi) is 9.57. The van der Waals surface area contributed by atoms with Gasteiger partial charge in [-0.25, -0.2) is 0 Å². The van der Waals surface area contributed by atoms with Gasteiger partial charge in [0.25, 0.3) is 0 Å². The molecule has 2 rings (SSSR count). The smallest absolute Gasteiger partial charge is 0.305 e. The predicted molar refractivity (Wildman–Crippen MR) is 123 cm³/mol. The van der Waals surface area contributed by atoms with Crippen LogP contribution >= 0.6 is 0 Å². The van der Waals surface area contributed by atoms with Gasteiger partial charge < -0.3 is 14.4 Å². The Balaban J connectivity index is 2.05. The first-order valence-corrected chi connectivity index (χ1v) is 10.9. The van der Waals surface area contributed by atoms with Crippen molar-refractivity contribution in [2.45, 2.75) is 51.4 Å². The number of hydrogen-bond donors (Lipinski definition) is 0. The fourth-order valence-electron chi connectivity index (χ4n) is 3.63. The largest absolute Gasteiger partial charge is 0.497 e. The van der Waals surface area contributed by atoms with Crippen LogP contribution in [-0.4, -0.2) is 44.1 Å². The quantitative estimate of drug-likeness (QED) is 0.363. The van der Waals surface area contributed by atoms with Crippen LogP contribution < -0.4 is 4.74 Å². The zero-order valence-corrected chi connectivity index (χ0v) is 19.2. The number of amides is 1. The number of ether oxygens (including phenoxy) is 2. The van der Waals surface area contributed by atoms with E-state index in [2.05, 4.69) is 12.1 Å². The number of benzene rings is 2. The second kappa shape index (κ2) is 12.1. The van der Waals surface area contributed by atoms with Crippen LogP contribution in [0.3, 0.4) is 0 Å². The van der Waals surface area contributed by atoms with Crippen molar-refractivity contribution in [2.24, 2.45) is 0 Å². The molecule has 0 atom stereocenters. The van der Waals surface area contributed by atoms with E-state index in [0.717, 1.165) is 30.6 Å². The Morgan fingerprint density at radius 3 is 2.13 bits per heavy atom. The highest BCUT2D eigenvalue weighted by atomic mass is 16.5. The van der Waals surface area contributed by atoms with Gasteiger partial charge in [0.2, 0.25) is 5.91 Å². The molecule has 0 aromatic heterocycles. The first-order valence-electron chi connectivity index (χ1n) is 10.9. The maximum absolute atomic E-state index is 13.5. The number of rotatable bonds is 12. The van der Waals surface area contributed by atoms with Gasteiger partial charge in [0.05, 0.1) is 19.6 Å². The van der Waals surface area contributed by atoms with Gasteiger partial charge in [0, 0.05) is 19.5 Å². The topological polar surface area (TPSA) is 55.8 Å². The third kappa shape index (κ3) is 7.42. The highest BCUT2D eigenvalue weighted by Gasteiger charge is 2.33. The van der Waals surface area contributed by atoms with E-state index in [1.54, 1.807) is 7.11 Å². The number of aryl methyl sites for hydroxylation is 1. The molecule has 31 heavy (non-hydrogen) atoms. The Labute approximate surface area is 186 Å². The molecule has 0 spiro atoms. The normalized spacial score (nSPS) is 11.1. The molecule has 2 aromatic carbocycles. The lowest BCUT2D eigenvalue weighted by atomic mass is 9.83. The molecule has 0 aliphatic carbocycles. The lowest BCUT2D eigenvalue weighted by Crippen LogP contribution is -2.44. The molecule has 0 aliphatic heterocycles. The van der Waals surface area contributed by atoms with Crippen molar-refractivity contribution < 1.29 is 19.1 Å². The Morgan fingerprint density at radius 1 is 0.871 bits per heavy atom. The molecule has 1 amide bonds. The highest BCUT2D eigenvalue weighted by Crippen LogP contribution is 2.28. The van der Waals surface area contributed by atoms with Gasteiger partial charge in [-0.15, -0.1) is 0 Å². The first kappa shape index (κ1) is 24.4. The summed E-state index contributed by atoms with van der Waals surface area (Å²) in [7, 11) is 3.03. The van der Waals surface area contributed by atoms with Crippen molar-refractivity contribution in [3.05, 3.63) is 65.7 Å². The Bertz CT molecular complexity index is 815. The van der Waals surface area contributed by atoms with Crippen LogP contribution in [0.4, 0.5) is 0 Å². The van der Waals surface area contributed by atoms with Gasteiger partial charge in [-0.05, 0) is 62.8 Å². The summed E-state index contributed by atoms with van der Waals surface area (Å²) in [4.78, 5) is 26.9. The summed E-state index contributed by atoms with van der Waals surface area (Å²) in [5, 5.41) is 0. The summed E-state index contributed by atoms with van der Waals surface area (Å²) < 4.78 is 9.97. The molecule has 0 fully saturated rings. The molecule has 0 aliphatic rings. The fourth-order valence-corrected chi connectivity index (χ4v) is 3.63. The van der Waals surface area contributed by atoms with Crippen LogP contribution in [-0.2, 0) is 26.2 Å². The molecule has 0 unspecified atom stereocenters. The van der Waals surface area contributed by atoms with Gasteiger partial charge in [0.1, 0.15) is 5.75 Å². The SMILES string of the molecule is COC(=O)CCCCN(CCCc1ccccc1)C(=O)C(C)(C)c1ccc(OC)cc1. The van der Waals surface area contributed by atoms with Crippen molar-refractivity contribution >= 4 is 11.9 Å². The number of esters is 1. The summed E-state index contributed by atoms with van der Waals surface area (Å²) in [6, 6.07) is 18.0. The van der Waals surface area contributed by atoms with Crippen molar-refractivity contribution in [1.29, 1.82) is 0 Å². The van der Waals surface area contributed by atoms with E-state index in [1.165, 1.54) is 12.7 Å². The summed E-state index contributed by atoms with van der Waals surface area (Å²) in [5.74, 6) is 0.666. The lowest BCUT2D eigenvalue weighted by molar-refractivity contribution is -0.140. The van der Waals surface area contributed by atoms with Crippen LogP contribution in [0.5, 0.6) is 5.75 Å². The van der Waals surface area contributed by atoms with Crippen molar-refractivity contribution in [3.8, 4) is 5.75 Å². The van der Waals surface area contributed by atoms with E-state index in [4.69, 9.17) is 9.47 Å². The maximum Gasteiger partial charge on any atom is 0.305 e. The van der Waals surface area contributed by atoms with Gasteiger partial charge >= 0.3 is 5.97 Å². The number of nitrogens with zero attached hydrogens (tertiary/aromatic N) is 1. The molecule has 2 aromatic rings. The molecule has 5 heteroatoms. The molecule has 0 saturated carbocycles. The van der Waals surface area contributed by atoms with Crippen LogP contribution in [0.1, 0.15) is 50.7 Å². The summed E-state index contributed by atoms with van der Waals surface area (Å²) in [5.41, 5.74) is 1.58. The number of methoxy groups -OCH3 is 2. The Hall–Kier alpha value is -2.82. The third-order valence-corrected chi connectivity index (χ3v) is 5.66. The minimum atomic E-state index is -0.651. The first-order chi connectivity index (χ1) is 14.9. The van der Waals surface area contributed by atoms with Crippen molar-refractivity contribution in [1.82, 2.24) is 4.90 Å². The van der Waals surface area contributed by atoms with Gasteiger partial charge in [-0.3, -0.25) is 9.59 Å². The number of carbonyl (C=O) groups excluding carboxylic acids is 2. The van der Waals surface area contributed by atoms with Crippen LogP contribution in [0.2, 0.25) is 0 Å². The van der Waals surface area contributed by atoms with Gasteiger partial charge in [-0.1, -0.05) is 42.5 Å². The summed E-state index contributed by atoms with van der Waals surface area (Å²) in [6.45, 7) is 5.25. The molecular weight excluding hydrogens is 390 g/mol. The van der Waals surface area contributed by atoms with E-state index in [0.29, 0.717) is 25.9 Å². The number of hydrogen-bond acceptors (Lipinski definition) is 4. The zero-order valence-electron chi connectivity index (χ0n) is 19.2. The molecule has 0 saturated heterocycles. The molecule has 0 bridgehead atoms. The van der Waals surface area contributed by atoms with E-state index in [9.17, 15) is 9.59 Å². The van der Waals surface area contributed by atoms with Crippen LogP contribution in [0.15, 0.2) is 54.6 Å². The van der Waals surface area contributed by atoms with Crippen molar-refractivity contribution in [2.75, 3.05) is 27.3 Å². The molecule has 5 nitrogen and oxygen atoms in total. The zero-order chi connectivity index (χ0) is 22.7. The van der Waals surface area contributed by atoms with E-state index >= 15 is 0 Å². The molecule has 0 heterocycles. The van der Waals surface area contributed by atoms with E-state index in [1.807, 2.05) is 61.2 Å². The van der Waals surface area contributed by atoms with Gasteiger partial charge in [-0.2, -0.15) is 0 Å². The Morgan fingerprint density at radius 2 is 1.52 bits per heavy atom. The fraction of sp³-hybridized carbons (Fsp3) is 0.462. The van der Waals surface area contributed by atoms with E-state index in [-0.39, 0.29) is 11.9 Å². The maximum atomic E-state index is 13.5. The average Bonchev–Trinajstić information content (AvgIpc) is 2.80. The second-order valence-corrected chi connectivity index (χ2v) is 8.27. The number of unbranched alkanes of at least 4 members (excludes halogenated alkanes) is 1. The van der Waals surface area contributed by atoms with Crippen molar-refractivity contribution in [3.63, 3.8) is 0 Å². The summed E-state index contributed by atoms with van der Waals surface area (Å²) in [6.07, 6.45) is 3.68. The monoisotopic (exact) mass is 425 g/mol. The second-order valence-electron chi connectivity index (χ2n) is 8.27. The van der Waals surface area contributed by atoms with Crippen LogP contribution in [0, 0.1) is 0 Å². The molecule has 0 N–H and O–H groups in total. The van der Waals surface area contributed by atoms with Crippen LogP contribution in [0.25, 0.3) is 0 Å². The standard InChI is InChI=1S/C26H35NO4/c1-26(2,22-15-17-23(30-3)18-16-22)25(29)27(19-9-8-14-24(28)31-4)20-10-13-21-11-6-5-7-12-21/h5-7,11-12,15-18H,8-10,13-14,19-20H2,1-4H3. The average molecular weight is 426 g/mol. The van der Waals surface area contributed by atoms with Gasteiger partial charge in [0.15, 0.2) is 0 Å². The third-order valence-electron chi connectivity index (χ3n) is 5.66.